The molecule has 2 aromatic carbocycles. The van der Waals surface area contributed by atoms with Crippen molar-refractivity contribution in [3.8, 4) is 0 Å². The first kappa shape index (κ1) is 17.9. The van der Waals surface area contributed by atoms with Gasteiger partial charge in [-0.25, -0.2) is 4.79 Å². The Morgan fingerprint density at radius 3 is 2.38 bits per heavy atom. The van der Waals surface area contributed by atoms with E-state index in [1.165, 1.54) is 11.3 Å². The fourth-order valence-electron chi connectivity index (χ4n) is 2.17. The number of hydrazine groups is 1. The Kier molecular flexibility index (Phi) is 5.50. The van der Waals surface area contributed by atoms with Crippen LogP contribution in [0.15, 0.2) is 54.6 Å². The zero-order valence-electron chi connectivity index (χ0n) is 13.3. The van der Waals surface area contributed by atoms with E-state index in [1.54, 1.807) is 36.4 Å². The first-order chi connectivity index (χ1) is 12.6. The van der Waals surface area contributed by atoms with Gasteiger partial charge < -0.3 is 4.74 Å². The summed E-state index contributed by atoms with van der Waals surface area (Å²) in [6.45, 7) is -0.543. The second-order valence-electron chi connectivity index (χ2n) is 5.19. The maximum atomic E-state index is 12.1. The van der Waals surface area contributed by atoms with Crippen LogP contribution in [0.3, 0.4) is 0 Å². The van der Waals surface area contributed by atoms with Gasteiger partial charge in [-0.05, 0) is 18.2 Å². The fraction of sp³-hybridized carbons (Fsp3) is 0.0556. The third-order valence-electron chi connectivity index (χ3n) is 3.41. The van der Waals surface area contributed by atoms with Crippen molar-refractivity contribution in [2.45, 2.75) is 0 Å². The molecule has 3 rings (SSSR count). The Hall–Kier alpha value is -2.90. The molecule has 0 saturated carbocycles. The molecule has 1 heterocycles. The molecule has 1 aromatic heterocycles. The number of hydrogen-bond acceptors (Lipinski definition) is 5. The monoisotopic (exact) mass is 388 g/mol. The summed E-state index contributed by atoms with van der Waals surface area (Å²) in [5.41, 5.74) is 4.82. The first-order valence-electron chi connectivity index (χ1n) is 7.54. The molecule has 0 aliphatic heterocycles. The Morgan fingerprint density at radius 1 is 0.962 bits per heavy atom. The first-order valence-corrected chi connectivity index (χ1v) is 8.74. The van der Waals surface area contributed by atoms with Crippen molar-refractivity contribution >= 4 is 50.8 Å². The lowest BCUT2D eigenvalue weighted by Crippen LogP contribution is -2.43. The summed E-state index contributed by atoms with van der Waals surface area (Å²) in [5, 5.41) is 1.05. The molecule has 3 aromatic rings. The standard InChI is InChI=1S/C18H13ClN2O4S/c19-15-12-8-4-5-9-13(12)26-16(15)18(24)25-10-14(22)20-21-17(23)11-6-2-1-3-7-11/h1-9H,10H2,(H,20,22)(H,21,23). The van der Waals surface area contributed by atoms with Crippen LogP contribution in [0.1, 0.15) is 20.0 Å². The molecule has 8 heteroatoms. The average Bonchev–Trinajstić information content (AvgIpc) is 3.02. The third kappa shape index (κ3) is 4.01. The van der Waals surface area contributed by atoms with Crippen LogP contribution in [0.2, 0.25) is 5.02 Å². The van der Waals surface area contributed by atoms with Crippen LogP contribution >= 0.6 is 22.9 Å². The number of hydrogen-bond donors (Lipinski definition) is 2. The highest BCUT2D eigenvalue weighted by Crippen LogP contribution is 2.35. The van der Waals surface area contributed by atoms with Gasteiger partial charge in [-0.1, -0.05) is 48.0 Å². The second kappa shape index (κ2) is 7.99. The van der Waals surface area contributed by atoms with Gasteiger partial charge in [0.1, 0.15) is 4.88 Å². The molecule has 0 spiro atoms. The van der Waals surface area contributed by atoms with Crippen molar-refractivity contribution < 1.29 is 19.1 Å². The van der Waals surface area contributed by atoms with E-state index in [4.69, 9.17) is 16.3 Å². The van der Waals surface area contributed by atoms with Crippen molar-refractivity contribution in [2.24, 2.45) is 0 Å². The molecular weight excluding hydrogens is 376 g/mol. The highest BCUT2D eigenvalue weighted by molar-refractivity contribution is 7.21. The lowest BCUT2D eigenvalue weighted by atomic mass is 10.2. The molecule has 0 bridgehead atoms. The number of fused-ring (bicyclic) bond motifs is 1. The second-order valence-corrected chi connectivity index (χ2v) is 6.62. The van der Waals surface area contributed by atoms with Crippen LogP contribution < -0.4 is 10.9 Å². The molecule has 2 amide bonds. The highest BCUT2D eigenvalue weighted by Gasteiger charge is 2.19. The van der Waals surface area contributed by atoms with Gasteiger partial charge in [-0.2, -0.15) is 0 Å². The van der Waals surface area contributed by atoms with Gasteiger partial charge in [-0.15, -0.1) is 11.3 Å². The summed E-state index contributed by atoms with van der Waals surface area (Å²) in [6.07, 6.45) is 0. The molecule has 0 saturated heterocycles. The lowest BCUT2D eigenvalue weighted by Gasteiger charge is -2.07. The Balaban J connectivity index is 1.53. The Bertz CT molecular complexity index is 972. The molecule has 0 radical (unpaired) electrons. The molecule has 132 valence electrons. The van der Waals surface area contributed by atoms with Crippen molar-refractivity contribution in [1.29, 1.82) is 0 Å². The van der Waals surface area contributed by atoms with Gasteiger partial charge in [0.25, 0.3) is 11.8 Å². The molecule has 6 nitrogen and oxygen atoms in total. The summed E-state index contributed by atoms with van der Waals surface area (Å²) in [7, 11) is 0. The van der Waals surface area contributed by atoms with Crippen LogP contribution in [0.4, 0.5) is 0 Å². The van der Waals surface area contributed by atoms with E-state index in [-0.39, 0.29) is 4.88 Å². The summed E-state index contributed by atoms with van der Waals surface area (Å²) >= 11 is 7.38. The number of ether oxygens (including phenoxy) is 1. The molecule has 0 aliphatic rings. The van der Waals surface area contributed by atoms with Gasteiger partial charge in [0.15, 0.2) is 6.61 Å². The zero-order valence-corrected chi connectivity index (χ0v) is 14.9. The molecule has 0 aliphatic carbocycles. The quantitative estimate of drug-likeness (QED) is 0.531. The fourth-order valence-corrected chi connectivity index (χ4v) is 3.57. The predicted octanol–water partition coefficient (Wildman–Crippen LogP) is 3.17. The van der Waals surface area contributed by atoms with Crippen molar-refractivity contribution in [2.75, 3.05) is 6.61 Å². The van der Waals surface area contributed by atoms with Crippen LogP contribution in [-0.4, -0.2) is 24.4 Å². The minimum Gasteiger partial charge on any atom is -0.451 e. The maximum Gasteiger partial charge on any atom is 0.350 e. The van der Waals surface area contributed by atoms with E-state index in [9.17, 15) is 14.4 Å². The highest BCUT2D eigenvalue weighted by atomic mass is 35.5. The van der Waals surface area contributed by atoms with Crippen molar-refractivity contribution in [3.63, 3.8) is 0 Å². The van der Waals surface area contributed by atoms with E-state index in [0.717, 1.165) is 10.1 Å². The van der Waals surface area contributed by atoms with Crippen LogP contribution in [0.25, 0.3) is 10.1 Å². The molecule has 0 atom stereocenters. The number of thiophene rings is 1. The number of halogens is 1. The molecular formula is C18H13ClN2O4S. The summed E-state index contributed by atoms with van der Waals surface area (Å²) in [5.74, 6) is -1.83. The number of esters is 1. The Labute approximate surface area is 157 Å². The van der Waals surface area contributed by atoms with Gasteiger partial charge in [0.2, 0.25) is 0 Å². The van der Waals surface area contributed by atoms with E-state index in [0.29, 0.717) is 10.6 Å². The summed E-state index contributed by atoms with van der Waals surface area (Å²) in [6, 6.07) is 15.7. The number of rotatable bonds is 4. The Morgan fingerprint density at radius 2 is 1.65 bits per heavy atom. The molecule has 0 fully saturated rings. The number of carbonyl (C=O) groups is 3. The van der Waals surface area contributed by atoms with Crippen molar-refractivity contribution in [3.05, 3.63) is 70.1 Å². The normalized spacial score (nSPS) is 10.3. The van der Waals surface area contributed by atoms with E-state index >= 15 is 0 Å². The molecule has 2 N–H and O–H groups in total. The predicted molar refractivity (Wildman–Crippen MR) is 99.2 cm³/mol. The van der Waals surface area contributed by atoms with E-state index in [1.807, 2.05) is 18.2 Å². The van der Waals surface area contributed by atoms with Gasteiger partial charge >= 0.3 is 5.97 Å². The minimum absolute atomic E-state index is 0.231. The SMILES string of the molecule is O=C(COC(=O)c1sc2ccccc2c1Cl)NNC(=O)c1ccccc1. The minimum atomic E-state index is -0.694. The third-order valence-corrected chi connectivity index (χ3v) is 5.06. The van der Waals surface area contributed by atoms with Gasteiger partial charge in [-0.3, -0.25) is 20.4 Å². The topological polar surface area (TPSA) is 84.5 Å². The number of carbonyl (C=O) groups excluding carboxylic acids is 3. The van der Waals surface area contributed by atoms with Crippen LogP contribution in [0.5, 0.6) is 0 Å². The van der Waals surface area contributed by atoms with Crippen LogP contribution in [-0.2, 0) is 9.53 Å². The summed E-state index contributed by atoms with van der Waals surface area (Å²) < 4.78 is 5.81. The van der Waals surface area contributed by atoms with E-state index < -0.39 is 24.4 Å². The number of nitrogens with one attached hydrogen (secondary N) is 2. The number of amides is 2. The van der Waals surface area contributed by atoms with Gasteiger partial charge in [0, 0.05) is 15.6 Å². The van der Waals surface area contributed by atoms with E-state index in [2.05, 4.69) is 10.9 Å². The van der Waals surface area contributed by atoms with Gasteiger partial charge in [0.05, 0.1) is 5.02 Å². The smallest absolute Gasteiger partial charge is 0.350 e. The average molecular weight is 389 g/mol. The number of benzene rings is 2. The zero-order chi connectivity index (χ0) is 18.5. The maximum absolute atomic E-state index is 12.1. The van der Waals surface area contributed by atoms with Crippen LogP contribution in [0, 0.1) is 0 Å². The molecule has 0 unspecified atom stereocenters. The van der Waals surface area contributed by atoms with Crippen molar-refractivity contribution in [1.82, 2.24) is 10.9 Å². The largest absolute Gasteiger partial charge is 0.451 e. The molecule has 26 heavy (non-hydrogen) atoms. The summed E-state index contributed by atoms with van der Waals surface area (Å²) in [4.78, 5) is 35.9. The lowest BCUT2D eigenvalue weighted by molar-refractivity contribution is -0.125.